The fourth-order valence-electron chi connectivity index (χ4n) is 3.34. The first-order chi connectivity index (χ1) is 14.4. The summed E-state index contributed by atoms with van der Waals surface area (Å²) < 4.78 is 43.6. The summed E-state index contributed by atoms with van der Waals surface area (Å²) in [6.45, 7) is 3.92. The number of hydrogen-bond acceptors (Lipinski definition) is 4. The number of nitrogens with one attached hydrogen (secondary N) is 1. The number of rotatable bonds is 5. The lowest BCUT2D eigenvalue weighted by molar-refractivity contribution is -0.137. The quantitative estimate of drug-likeness (QED) is 0.594. The van der Waals surface area contributed by atoms with Crippen molar-refractivity contribution in [1.82, 2.24) is 15.2 Å². The molecule has 6 nitrogen and oxygen atoms in total. The second-order valence-electron chi connectivity index (χ2n) is 7.04. The molecule has 1 aromatic carbocycles. The van der Waals surface area contributed by atoms with Crippen LogP contribution < -0.4 is 10.2 Å². The van der Waals surface area contributed by atoms with Gasteiger partial charge in [-0.05, 0) is 23.8 Å². The van der Waals surface area contributed by atoms with E-state index in [4.69, 9.17) is 4.74 Å². The lowest BCUT2D eigenvalue weighted by atomic mass is 10.1. The van der Waals surface area contributed by atoms with E-state index in [9.17, 15) is 13.2 Å². The van der Waals surface area contributed by atoms with Gasteiger partial charge in [0.15, 0.2) is 5.96 Å². The highest BCUT2D eigenvalue weighted by Gasteiger charge is 2.30. The Balaban J connectivity index is 1.62. The summed E-state index contributed by atoms with van der Waals surface area (Å²) in [6, 6.07) is 9.10. The summed E-state index contributed by atoms with van der Waals surface area (Å²) in [4.78, 5) is 12.9. The highest BCUT2D eigenvalue weighted by molar-refractivity contribution is 5.79. The van der Waals surface area contributed by atoms with Crippen LogP contribution in [0.4, 0.5) is 19.0 Å². The van der Waals surface area contributed by atoms with Gasteiger partial charge in [0, 0.05) is 52.0 Å². The molecule has 1 saturated heterocycles. The number of guanidine groups is 1. The lowest BCUT2D eigenvalue weighted by Crippen LogP contribution is -2.40. The Morgan fingerprint density at radius 2 is 1.90 bits per heavy atom. The summed E-state index contributed by atoms with van der Waals surface area (Å²) in [5, 5.41) is 3.32. The zero-order valence-corrected chi connectivity index (χ0v) is 17.1. The molecule has 0 radical (unpaired) electrons. The number of ether oxygens (including phenoxy) is 1. The number of halogens is 3. The average Bonchev–Trinajstić information content (AvgIpc) is 2.75. The molecule has 0 atom stereocenters. The van der Waals surface area contributed by atoms with Crippen molar-refractivity contribution >= 4 is 11.8 Å². The standard InChI is InChI=1S/C21H26F3N5O/c1-25-20(28(2)15-16-5-7-18(8-6-16)21(22,23)24)27-14-17-4-3-9-26-19(17)29-10-12-30-13-11-29/h3-9H,10-15H2,1-2H3,(H,25,27). The van der Waals surface area contributed by atoms with Crippen LogP contribution in [0.3, 0.4) is 0 Å². The van der Waals surface area contributed by atoms with E-state index in [1.54, 1.807) is 13.2 Å². The molecule has 9 heteroatoms. The SMILES string of the molecule is CN=C(NCc1cccnc1N1CCOCC1)N(C)Cc1ccc(C(F)(F)F)cc1. The molecule has 0 amide bonds. The Hall–Kier alpha value is -2.81. The number of aliphatic imine (C=N–C) groups is 1. The maximum Gasteiger partial charge on any atom is 0.416 e. The molecule has 0 aliphatic carbocycles. The summed E-state index contributed by atoms with van der Waals surface area (Å²) in [7, 11) is 3.52. The molecule has 1 aliphatic rings. The Bertz CT molecular complexity index is 848. The van der Waals surface area contributed by atoms with E-state index < -0.39 is 11.7 Å². The van der Waals surface area contributed by atoms with Crippen LogP contribution in [-0.4, -0.2) is 56.2 Å². The van der Waals surface area contributed by atoms with Gasteiger partial charge in [0.1, 0.15) is 5.82 Å². The Labute approximate surface area is 174 Å². The van der Waals surface area contributed by atoms with Crippen LogP contribution in [0.25, 0.3) is 0 Å². The van der Waals surface area contributed by atoms with E-state index in [1.165, 1.54) is 12.1 Å². The topological polar surface area (TPSA) is 53.0 Å². The molecule has 1 aromatic heterocycles. The molecular weight excluding hydrogens is 395 g/mol. The normalized spacial score (nSPS) is 15.2. The van der Waals surface area contributed by atoms with E-state index in [-0.39, 0.29) is 0 Å². The fourth-order valence-corrected chi connectivity index (χ4v) is 3.34. The minimum absolute atomic E-state index is 0.432. The van der Waals surface area contributed by atoms with Gasteiger partial charge >= 0.3 is 6.18 Å². The second kappa shape index (κ2) is 9.80. The number of hydrogen-bond donors (Lipinski definition) is 1. The molecule has 30 heavy (non-hydrogen) atoms. The van der Waals surface area contributed by atoms with Gasteiger partial charge in [-0.1, -0.05) is 18.2 Å². The molecule has 1 N–H and O–H groups in total. The van der Waals surface area contributed by atoms with Crippen molar-refractivity contribution in [3.8, 4) is 0 Å². The molecule has 1 aliphatic heterocycles. The second-order valence-corrected chi connectivity index (χ2v) is 7.04. The van der Waals surface area contributed by atoms with Gasteiger partial charge in [-0.3, -0.25) is 4.99 Å². The van der Waals surface area contributed by atoms with Crippen molar-refractivity contribution in [2.24, 2.45) is 4.99 Å². The van der Waals surface area contributed by atoms with Crippen molar-refractivity contribution in [1.29, 1.82) is 0 Å². The highest BCUT2D eigenvalue weighted by Crippen LogP contribution is 2.29. The number of anilines is 1. The van der Waals surface area contributed by atoms with Crippen LogP contribution in [0.1, 0.15) is 16.7 Å². The third kappa shape index (κ3) is 5.63. The first-order valence-corrected chi connectivity index (χ1v) is 9.73. The molecule has 0 unspecified atom stereocenters. The predicted molar refractivity (Wildman–Crippen MR) is 110 cm³/mol. The van der Waals surface area contributed by atoms with Gasteiger partial charge in [-0.25, -0.2) is 4.98 Å². The van der Waals surface area contributed by atoms with Crippen molar-refractivity contribution in [2.75, 3.05) is 45.3 Å². The van der Waals surface area contributed by atoms with Crippen LogP contribution in [0, 0.1) is 0 Å². The van der Waals surface area contributed by atoms with Crippen LogP contribution in [0.2, 0.25) is 0 Å². The average molecular weight is 421 g/mol. The largest absolute Gasteiger partial charge is 0.416 e. The molecule has 1 fully saturated rings. The summed E-state index contributed by atoms with van der Waals surface area (Å²) in [6.07, 6.45) is -2.55. The summed E-state index contributed by atoms with van der Waals surface area (Å²) >= 11 is 0. The fraction of sp³-hybridized carbons (Fsp3) is 0.429. The van der Waals surface area contributed by atoms with Crippen molar-refractivity contribution in [3.63, 3.8) is 0 Å². The maximum atomic E-state index is 12.7. The van der Waals surface area contributed by atoms with Gasteiger partial charge in [0.2, 0.25) is 0 Å². The van der Waals surface area contributed by atoms with Crippen molar-refractivity contribution in [2.45, 2.75) is 19.3 Å². The molecule has 0 saturated carbocycles. The van der Waals surface area contributed by atoms with E-state index in [0.717, 1.165) is 42.2 Å². The van der Waals surface area contributed by atoms with E-state index in [2.05, 4.69) is 20.2 Å². The predicted octanol–water partition coefficient (Wildman–Crippen LogP) is 3.14. The smallest absolute Gasteiger partial charge is 0.378 e. The van der Waals surface area contributed by atoms with Crippen LogP contribution in [0.5, 0.6) is 0 Å². The third-order valence-electron chi connectivity index (χ3n) is 4.89. The minimum Gasteiger partial charge on any atom is -0.378 e. The van der Waals surface area contributed by atoms with Gasteiger partial charge in [-0.2, -0.15) is 13.2 Å². The molecule has 0 spiro atoms. The number of alkyl halides is 3. The van der Waals surface area contributed by atoms with Crippen molar-refractivity contribution < 1.29 is 17.9 Å². The number of morpholine rings is 1. The Morgan fingerprint density at radius 1 is 1.20 bits per heavy atom. The summed E-state index contributed by atoms with van der Waals surface area (Å²) in [5.74, 6) is 1.57. The molecular formula is C21H26F3N5O. The van der Waals surface area contributed by atoms with Gasteiger partial charge in [0.05, 0.1) is 18.8 Å². The Morgan fingerprint density at radius 3 is 2.53 bits per heavy atom. The van der Waals surface area contributed by atoms with E-state index in [0.29, 0.717) is 32.3 Å². The lowest BCUT2D eigenvalue weighted by Gasteiger charge is -2.30. The summed E-state index contributed by atoms with van der Waals surface area (Å²) in [5.41, 5.74) is 1.16. The van der Waals surface area contributed by atoms with Gasteiger partial charge < -0.3 is 19.9 Å². The number of nitrogens with zero attached hydrogens (tertiary/aromatic N) is 4. The first-order valence-electron chi connectivity index (χ1n) is 9.73. The molecule has 0 bridgehead atoms. The monoisotopic (exact) mass is 421 g/mol. The maximum absolute atomic E-state index is 12.7. The molecule has 2 heterocycles. The van der Waals surface area contributed by atoms with Crippen LogP contribution >= 0.6 is 0 Å². The van der Waals surface area contributed by atoms with Crippen LogP contribution in [-0.2, 0) is 24.0 Å². The number of aromatic nitrogens is 1. The van der Waals surface area contributed by atoms with E-state index >= 15 is 0 Å². The number of benzene rings is 1. The molecule has 2 aromatic rings. The molecule has 3 rings (SSSR count). The molecule has 162 valence electrons. The minimum atomic E-state index is -4.33. The highest BCUT2D eigenvalue weighted by atomic mass is 19.4. The first kappa shape index (κ1) is 21.9. The zero-order chi connectivity index (χ0) is 21.6. The number of pyridine rings is 1. The van der Waals surface area contributed by atoms with Gasteiger partial charge in [-0.15, -0.1) is 0 Å². The van der Waals surface area contributed by atoms with E-state index in [1.807, 2.05) is 24.1 Å². The van der Waals surface area contributed by atoms with Crippen molar-refractivity contribution in [3.05, 3.63) is 59.3 Å². The van der Waals surface area contributed by atoms with Gasteiger partial charge in [0.25, 0.3) is 0 Å². The third-order valence-corrected chi connectivity index (χ3v) is 4.89. The zero-order valence-electron chi connectivity index (χ0n) is 17.1. The Kier molecular flexibility index (Phi) is 7.15. The van der Waals surface area contributed by atoms with Crippen LogP contribution in [0.15, 0.2) is 47.6 Å².